The Kier molecular flexibility index (Phi) is 2.99. The van der Waals surface area contributed by atoms with Crippen LogP contribution in [0.25, 0.3) is 0 Å². The zero-order valence-electron chi connectivity index (χ0n) is 7.42. The van der Waals surface area contributed by atoms with Gasteiger partial charge in [-0.3, -0.25) is 0 Å². The molecule has 3 heteroatoms. The fourth-order valence-corrected chi connectivity index (χ4v) is 1.31. The highest BCUT2D eigenvalue weighted by atomic mass is 19.1. The lowest BCUT2D eigenvalue weighted by Crippen LogP contribution is -2.12. The van der Waals surface area contributed by atoms with Crippen LogP contribution in [0.1, 0.15) is 23.6 Å². The van der Waals surface area contributed by atoms with Crippen LogP contribution in [0, 0.1) is 24.1 Å². The molecule has 1 rings (SSSR count). The average molecular weight is 178 g/mol. The molecule has 0 radical (unpaired) electrons. The van der Waals surface area contributed by atoms with Gasteiger partial charge in [-0.1, -0.05) is 12.1 Å². The fraction of sp³-hybridized carbons (Fsp3) is 0.300. The van der Waals surface area contributed by atoms with Crippen molar-refractivity contribution in [2.45, 2.75) is 19.4 Å². The summed E-state index contributed by atoms with van der Waals surface area (Å²) in [6, 6.07) is 6.19. The van der Waals surface area contributed by atoms with Crippen LogP contribution in [0.2, 0.25) is 0 Å². The van der Waals surface area contributed by atoms with Gasteiger partial charge in [-0.25, -0.2) is 4.39 Å². The fourth-order valence-electron chi connectivity index (χ4n) is 1.31. The van der Waals surface area contributed by atoms with Gasteiger partial charge in [0.1, 0.15) is 5.82 Å². The van der Waals surface area contributed by atoms with Crippen LogP contribution in [-0.4, -0.2) is 0 Å². The maximum absolute atomic E-state index is 13.2. The standard InChI is InChI=1S/C10H11FN2/c1-7-3-2-4-8(11)10(7)9(13)5-6-12/h2-4,9H,5,13H2,1H3. The Morgan fingerprint density at radius 3 is 2.85 bits per heavy atom. The van der Waals surface area contributed by atoms with Crippen molar-refractivity contribution in [3.05, 3.63) is 35.1 Å². The van der Waals surface area contributed by atoms with Crippen LogP contribution in [0.15, 0.2) is 18.2 Å². The van der Waals surface area contributed by atoms with E-state index in [0.717, 1.165) is 5.56 Å². The summed E-state index contributed by atoms with van der Waals surface area (Å²) in [5, 5.41) is 8.43. The lowest BCUT2D eigenvalue weighted by atomic mass is 9.99. The lowest BCUT2D eigenvalue weighted by molar-refractivity contribution is 0.582. The molecule has 1 aromatic carbocycles. The first kappa shape index (κ1) is 9.69. The predicted molar refractivity (Wildman–Crippen MR) is 48.3 cm³/mol. The first-order chi connectivity index (χ1) is 6.16. The molecule has 0 amide bonds. The summed E-state index contributed by atoms with van der Waals surface area (Å²) in [6.45, 7) is 1.79. The highest BCUT2D eigenvalue weighted by molar-refractivity contribution is 5.30. The van der Waals surface area contributed by atoms with Gasteiger partial charge in [-0.15, -0.1) is 0 Å². The number of halogens is 1. The molecule has 0 saturated heterocycles. The Hall–Kier alpha value is -1.40. The minimum Gasteiger partial charge on any atom is -0.323 e. The van der Waals surface area contributed by atoms with Crippen LogP contribution in [0.5, 0.6) is 0 Å². The molecule has 0 bridgehead atoms. The van der Waals surface area contributed by atoms with Crippen molar-refractivity contribution >= 4 is 0 Å². The molecule has 0 aliphatic carbocycles. The van der Waals surface area contributed by atoms with Gasteiger partial charge in [0.15, 0.2) is 0 Å². The van der Waals surface area contributed by atoms with Crippen molar-refractivity contribution in [1.29, 1.82) is 5.26 Å². The van der Waals surface area contributed by atoms with E-state index in [2.05, 4.69) is 0 Å². The molecule has 1 atom stereocenters. The van der Waals surface area contributed by atoms with E-state index in [1.807, 2.05) is 6.07 Å². The van der Waals surface area contributed by atoms with Crippen molar-refractivity contribution in [3.63, 3.8) is 0 Å². The number of hydrogen-bond acceptors (Lipinski definition) is 2. The van der Waals surface area contributed by atoms with Gasteiger partial charge in [0, 0.05) is 11.6 Å². The van der Waals surface area contributed by atoms with E-state index in [9.17, 15) is 4.39 Å². The topological polar surface area (TPSA) is 49.8 Å². The van der Waals surface area contributed by atoms with E-state index in [1.165, 1.54) is 6.07 Å². The summed E-state index contributed by atoms with van der Waals surface area (Å²) < 4.78 is 13.2. The Morgan fingerprint density at radius 1 is 1.62 bits per heavy atom. The van der Waals surface area contributed by atoms with E-state index < -0.39 is 6.04 Å². The van der Waals surface area contributed by atoms with E-state index in [0.29, 0.717) is 5.56 Å². The SMILES string of the molecule is Cc1cccc(F)c1C(N)CC#N. The van der Waals surface area contributed by atoms with E-state index in [4.69, 9.17) is 11.0 Å². The highest BCUT2D eigenvalue weighted by Gasteiger charge is 2.12. The van der Waals surface area contributed by atoms with Crippen molar-refractivity contribution in [2.24, 2.45) is 5.73 Å². The first-order valence-electron chi connectivity index (χ1n) is 4.04. The summed E-state index contributed by atoms with van der Waals surface area (Å²) in [5.41, 5.74) is 6.89. The number of nitrogens with two attached hydrogens (primary N) is 1. The smallest absolute Gasteiger partial charge is 0.128 e. The van der Waals surface area contributed by atoms with Crippen molar-refractivity contribution in [1.82, 2.24) is 0 Å². The third-order valence-corrected chi connectivity index (χ3v) is 1.95. The quantitative estimate of drug-likeness (QED) is 0.753. The summed E-state index contributed by atoms with van der Waals surface area (Å²) in [4.78, 5) is 0. The van der Waals surface area contributed by atoms with E-state index >= 15 is 0 Å². The van der Waals surface area contributed by atoms with Gasteiger partial charge >= 0.3 is 0 Å². The number of nitriles is 1. The maximum Gasteiger partial charge on any atom is 0.128 e. The minimum atomic E-state index is -0.522. The average Bonchev–Trinajstić information content (AvgIpc) is 2.04. The molecule has 2 nitrogen and oxygen atoms in total. The zero-order chi connectivity index (χ0) is 9.84. The van der Waals surface area contributed by atoms with Crippen molar-refractivity contribution in [2.75, 3.05) is 0 Å². The molecule has 13 heavy (non-hydrogen) atoms. The molecule has 0 spiro atoms. The number of rotatable bonds is 2. The lowest BCUT2D eigenvalue weighted by Gasteiger charge is -2.11. The number of benzene rings is 1. The molecular weight excluding hydrogens is 167 g/mol. The summed E-state index contributed by atoms with van der Waals surface area (Å²) in [5.74, 6) is -0.331. The van der Waals surface area contributed by atoms with Crippen LogP contribution < -0.4 is 5.73 Å². The molecule has 0 aliphatic heterocycles. The molecule has 1 unspecified atom stereocenters. The molecule has 2 N–H and O–H groups in total. The van der Waals surface area contributed by atoms with E-state index in [-0.39, 0.29) is 12.2 Å². The highest BCUT2D eigenvalue weighted by Crippen LogP contribution is 2.21. The van der Waals surface area contributed by atoms with Gasteiger partial charge in [0.25, 0.3) is 0 Å². The van der Waals surface area contributed by atoms with Gasteiger partial charge in [-0.05, 0) is 18.6 Å². The second-order valence-corrected chi connectivity index (χ2v) is 2.94. The molecule has 0 saturated carbocycles. The van der Waals surface area contributed by atoms with Crippen LogP contribution in [-0.2, 0) is 0 Å². The van der Waals surface area contributed by atoms with Crippen LogP contribution >= 0.6 is 0 Å². The molecule has 0 aliphatic rings. The van der Waals surface area contributed by atoms with E-state index in [1.54, 1.807) is 19.1 Å². The Bertz CT molecular complexity index is 321. The van der Waals surface area contributed by atoms with Crippen molar-refractivity contribution < 1.29 is 4.39 Å². The summed E-state index contributed by atoms with van der Waals surface area (Å²) in [6.07, 6.45) is 0.141. The third-order valence-electron chi connectivity index (χ3n) is 1.95. The Balaban J connectivity index is 3.06. The van der Waals surface area contributed by atoms with Gasteiger partial charge in [0.05, 0.1) is 12.5 Å². The molecule has 68 valence electrons. The van der Waals surface area contributed by atoms with Gasteiger partial charge in [0.2, 0.25) is 0 Å². The largest absolute Gasteiger partial charge is 0.323 e. The van der Waals surface area contributed by atoms with Gasteiger partial charge < -0.3 is 5.73 Å². The van der Waals surface area contributed by atoms with Crippen LogP contribution in [0.4, 0.5) is 4.39 Å². The monoisotopic (exact) mass is 178 g/mol. The Labute approximate surface area is 76.8 Å². The predicted octanol–water partition coefficient (Wildman–Crippen LogP) is 2.05. The molecule has 1 aromatic rings. The normalized spacial score (nSPS) is 12.2. The molecule has 0 heterocycles. The number of nitrogens with zero attached hydrogens (tertiary/aromatic N) is 1. The van der Waals surface area contributed by atoms with Crippen molar-refractivity contribution in [3.8, 4) is 6.07 Å². The first-order valence-corrected chi connectivity index (χ1v) is 4.04. The number of hydrogen-bond donors (Lipinski definition) is 1. The molecule has 0 fully saturated rings. The Morgan fingerprint density at radius 2 is 2.31 bits per heavy atom. The molecule has 0 aromatic heterocycles. The summed E-state index contributed by atoms with van der Waals surface area (Å²) >= 11 is 0. The second-order valence-electron chi connectivity index (χ2n) is 2.94. The van der Waals surface area contributed by atoms with Crippen LogP contribution in [0.3, 0.4) is 0 Å². The third kappa shape index (κ3) is 2.04. The second kappa shape index (κ2) is 4.01. The minimum absolute atomic E-state index is 0.141. The summed E-state index contributed by atoms with van der Waals surface area (Å²) in [7, 11) is 0. The maximum atomic E-state index is 13.2. The van der Waals surface area contributed by atoms with Gasteiger partial charge in [-0.2, -0.15) is 5.26 Å². The number of aryl methyl sites for hydroxylation is 1. The molecular formula is C10H11FN2. The zero-order valence-corrected chi connectivity index (χ0v) is 7.42.